The van der Waals surface area contributed by atoms with Crippen LogP contribution < -0.4 is 5.73 Å². The van der Waals surface area contributed by atoms with Gasteiger partial charge in [-0.3, -0.25) is 0 Å². The molecule has 1 nitrogen and oxygen atoms in total. The molecule has 2 aromatic carbocycles. The van der Waals surface area contributed by atoms with E-state index in [1.54, 1.807) is 0 Å². The van der Waals surface area contributed by atoms with Crippen LogP contribution in [0.1, 0.15) is 56.1 Å². The molecule has 2 rings (SSSR count). The van der Waals surface area contributed by atoms with Crippen molar-refractivity contribution < 1.29 is 0 Å². The van der Waals surface area contributed by atoms with Crippen molar-refractivity contribution in [3.8, 4) is 0 Å². The Morgan fingerprint density at radius 3 is 1.43 bits per heavy atom. The number of rotatable bonds is 2. The second-order valence-electron chi connectivity index (χ2n) is 6.44. The maximum Gasteiger partial charge on any atom is 0.0557 e. The minimum atomic E-state index is -0.0541. The van der Waals surface area contributed by atoms with E-state index in [4.69, 9.17) is 5.73 Å². The minimum Gasteiger partial charge on any atom is -0.320 e. The van der Waals surface area contributed by atoms with Crippen molar-refractivity contribution in [1.29, 1.82) is 0 Å². The van der Waals surface area contributed by atoms with Crippen molar-refractivity contribution >= 4 is 0 Å². The van der Waals surface area contributed by atoms with Crippen molar-refractivity contribution in [1.82, 2.24) is 0 Å². The molecule has 0 saturated carbocycles. The van der Waals surface area contributed by atoms with Crippen LogP contribution in [0.4, 0.5) is 0 Å². The van der Waals surface area contributed by atoms with E-state index in [2.05, 4.69) is 66.7 Å². The van der Waals surface area contributed by atoms with Crippen molar-refractivity contribution in [2.45, 2.75) is 54.5 Å². The molecule has 0 aliphatic heterocycles. The van der Waals surface area contributed by atoms with E-state index in [9.17, 15) is 0 Å². The van der Waals surface area contributed by atoms with Crippen LogP contribution in [0.25, 0.3) is 0 Å². The zero-order chi connectivity index (χ0) is 15.9. The smallest absolute Gasteiger partial charge is 0.0557 e. The summed E-state index contributed by atoms with van der Waals surface area (Å²) in [5, 5.41) is 0. The van der Waals surface area contributed by atoms with Gasteiger partial charge in [-0.15, -0.1) is 0 Å². The summed E-state index contributed by atoms with van der Waals surface area (Å²) in [6.07, 6.45) is 0. The Hall–Kier alpha value is -1.60. The van der Waals surface area contributed by atoms with Crippen LogP contribution in [-0.4, -0.2) is 0 Å². The summed E-state index contributed by atoms with van der Waals surface area (Å²) < 4.78 is 0. The molecule has 0 amide bonds. The lowest BCUT2D eigenvalue weighted by Gasteiger charge is -2.24. The van der Waals surface area contributed by atoms with E-state index in [-0.39, 0.29) is 6.04 Å². The molecular weight excluding hydrogens is 254 g/mol. The quantitative estimate of drug-likeness (QED) is 0.833. The Bertz CT molecular complexity index is 646. The molecule has 21 heavy (non-hydrogen) atoms. The number of nitrogens with two attached hydrogens (primary N) is 1. The molecule has 0 heterocycles. The molecule has 112 valence electrons. The Morgan fingerprint density at radius 2 is 1.00 bits per heavy atom. The highest BCUT2D eigenvalue weighted by Gasteiger charge is 2.19. The molecule has 0 aliphatic carbocycles. The van der Waals surface area contributed by atoms with Crippen LogP contribution in [0.15, 0.2) is 18.2 Å². The zero-order valence-corrected chi connectivity index (χ0v) is 14.4. The lowest BCUT2D eigenvalue weighted by atomic mass is 9.84. The fraction of sp³-hybridized carbons (Fsp3) is 0.400. The molecule has 1 unspecified atom stereocenters. The standard InChI is InChI=1S/C20H27N/c1-11-8-12(2)10-18(9-11)20(21)19-16(6)14(4)13(3)15(5)17(19)7/h8-10,20H,21H2,1-7H3. The van der Waals surface area contributed by atoms with Crippen LogP contribution >= 0.6 is 0 Å². The first kappa shape index (κ1) is 15.8. The summed E-state index contributed by atoms with van der Waals surface area (Å²) in [5.41, 5.74) is 18.5. The fourth-order valence-electron chi connectivity index (χ4n) is 3.35. The predicted octanol–water partition coefficient (Wildman–Crippen LogP) is 4.89. The number of aryl methyl sites for hydroxylation is 2. The normalized spacial score (nSPS) is 12.6. The van der Waals surface area contributed by atoms with Crippen LogP contribution in [0, 0.1) is 48.5 Å². The molecule has 0 radical (unpaired) electrons. The van der Waals surface area contributed by atoms with E-state index < -0.39 is 0 Å². The Morgan fingerprint density at radius 1 is 0.619 bits per heavy atom. The molecule has 1 atom stereocenters. The van der Waals surface area contributed by atoms with Gasteiger partial charge in [0, 0.05) is 0 Å². The monoisotopic (exact) mass is 281 g/mol. The Labute approximate surface area is 129 Å². The third-order valence-electron chi connectivity index (χ3n) is 4.97. The van der Waals surface area contributed by atoms with Crippen molar-refractivity contribution in [3.63, 3.8) is 0 Å². The highest BCUT2D eigenvalue weighted by molar-refractivity contribution is 5.53. The molecule has 0 fully saturated rings. The van der Waals surface area contributed by atoms with Gasteiger partial charge in [0.25, 0.3) is 0 Å². The van der Waals surface area contributed by atoms with E-state index >= 15 is 0 Å². The topological polar surface area (TPSA) is 26.0 Å². The Kier molecular flexibility index (Phi) is 4.25. The average Bonchev–Trinajstić information content (AvgIpc) is 2.42. The van der Waals surface area contributed by atoms with Crippen molar-refractivity contribution in [3.05, 3.63) is 68.3 Å². The van der Waals surface area contributed by atoms with Gasteiger partial charge < -0.3 is 5.73 Å². The summed E-state index contributed by atoms with van der Waals surface area (Å²) in [4.78, 5) is 0. The third kappa shape index (κ3) is 2.75. The summed E-state index contributed by atoms with van der Waals surface area (Å²) in [7, 11) is 0. The first-order chi connectivity index (χ1) is 9.73. The molecule has 2 N–H and O–H groups in total. The fourth-order valence-corrected chi connectivity index (χ4v) is 3.35. The lowest BCUT2D eigenvalue weighted by Crippen LogP contribution is -2.17. The van der Waals surface area contributed by atoms with Gasteiger partial charge in [-0.2, -0.15) is 0 Å². The number of benzene rings is 2. The zero-order valence-electron chi connectivity index (χ0n) is 14.4. The van der Waals surface area contributed by atoms with Crippen LogP contribution in [-0.2, 0) is 0 Å². The van der Waals surface area contributed by atoms with Gasteiger partial charge in [0.1, 0.15) is 0 Å². The molecular formula is C20H27N. The molecule has 0 aromatic heterocycles. The Balaban J connectivity index is 2.66. The van der Waals surface area contributed by atoms with Gasteiger partial charge in [0.2, 0.25) is 0 Å². The predicted molar refractivity (Wildman–Crippen MR) is 92.1 cm³/mol. The summed E-state index contributed by atoms with van der Waals surface area (Å²) in [6, 6.07) is 6.56. The van der Waals surface area contributed by atoms with Gasteiger partial charge in [0.15, 0.2) is 0 Å². The SMILES string of the molecule is Cc1cc(C)cc(C(N)c2c(C)c(C)c(C)c(C)c2C)c1. The molecule has 0 spiro atoms. The van der Waals surface area contributed by atoms with Crippen LogP contribution in [0.2, 0.25) is 0 Å². The molecule has 0 saturated heterocycles. The minimum absolute atomic E-state index is 0.0541. The van der Waals surface area contributed by atoms with Gasteiger partial charge >= 0.3 is 0 Å². The van der Waals surface area contributed by atoms with E-state index in [0.717, 1.165) is 0 Å². The second-order valence-corrected chi connectivity index (χ2v) is 6.44. The number of hydrogen-bond acceptors (Lipinski definition) is 1. The van der Waals surface area contributed by atoms with Gasteiger partial charge in [-0.25, -0.2) is 0 Å². The van der Waals surface area contributed by atoms with E-state index in [1.807, 2.05) is 0 Å². The van der Waals surface area contributed by atoms with Gasteiger partial charge in [-0.05, 0) is 87.4 Å². The van der Waals surface area contributed by atoms with E-state index in [1.165, 1.54) is 50.1 Å². The molecule has 0 bridgehead atoms. The highest BCUT2D eigenvalue weighted by atomic mass is 14.6. The van der Waals surface area contributed by atoms with E-state index in [0.29, 0.717) is 0 Å². The maximum atomic E-state index is 6.64. The van der Waals surface area contributed by atoms with Gasteiger partial charge in [-0.1, -0.05) is 29.3 Å². The highest BCUT2D eigenvalue weighted by Crippen LogP contribution is 2.32. The lowest BCUT2D eigenvalue weighted by molar-refractivity contribution is 0.840. The van der Waals surface area contributed by atoms with Crippen molar-refractivity contribution in [2.24, 2.45) is 5.73 Å². The van der Waals surface area contributed by atoms with Gasteiger partial charge in [0.05, 0.1) is 6.04 Å². The van der Waals surface area contributed by atoms with Crippen molar-refractivity contribution in [2.75, 3.05) is 0 Å². The maximum absolute atomic E-state index is 6.64. The summed E-state index contributed by atoms with van der Waals surface area (Å²) >= 11 is 0. The molecule has 0 aliphatic rings. The van der Waals surface area contributed by atoms with Crippen LogP contribution in [0.5, 0.6) is 0 Å². The molecule has 1 heteroatoms. The molecule has 2 aromatic rings. The number of hydrogen-bond donors (Lipinski definition) is 1. The summed E-state index contributed by atoms with van der Waals surface area (Å²) in [6.45, 7) is 15.3. The first-order valence-electron chi connectivity index (χ1n) is 7.64. The van der Waals surface area contributed by atoms with Crippen LogP contribution in [0.3, 0.4) is 0 Å². The largest absolute Gasteiger partial charge is 0.320 e. The average molecular weight is 281 g/mol. The third-order valence-corrected chi connectivity index (χ3v) is 4.97. The summed E-state index contributed by atoms with van der Waals surface area (Å²) in [5.74, 6) is 0. The first-order valence-corrected chi connectivity index (χ1v) is 7.64. The second kappa shape index (κ2) is 5.65.